The van der Waals surface area contributed by atoms with Gasteiger partial charge in [-0.1, -0.05) is 38.8 Å². The number of benzene rings is 1. The quantitative estimate of drug-likeness (QED) is 0.832. The molecule has 1 fully saturated rings. The molecule has 0 aromatic heterocycles. The predicted octanol–water partition coefficient (Wildman–Crippen LogP) is 2.89. The van der Waals surface area contributed by atoms with Gasteiger partial charge in [0, 0.05) is 19.6 Å². The van der Waals surface area contributed by atoms with Crippen molar-refractivity contribution in [3.05, 3.63) is 35.1 Å². The van der Waals surface area contributed by atoms with Crippen molar-refractivity contribution in [3.8, 4) is 0 Å². The van der Waals surface area contributed by atoms with Crippen LogP contribution in [0.2, 0.25) is 0 Å². The molecule has 1 atom stereocenters. The summed E-state index contributed by atoms with van der Waals surface area (Å²) in [5.74, 6) is 0.180. The number of nitrogens with one attached hydrogen (secondary N) is 1. The second kappa shape index (κ2) is 9.14. The van der Waals surface area contributed by atoms with Gasteiger partial charge in [0.25, 0.3) is 0 Å². The molecule has 0 radical (unpaired) electrons. The number of hydrogen-bond donors (Lipinski definition) is 1. The number of aryl methyl sites for hydroxylation is 1. The highest BCUT2D eigenvalue weighted by molar-refractivity contribution is 5.82. The monoisotopic (exact) mass is 336 g/mol. The molecule has 2 rings (SSSR count). The molecule has 1 amide bonds. The Morgan fingerprint density at radius 3 is 2.54 bits per heavy atom. The van der Waals surface area contributed by atoms with Crippen LogP contribution in [0.25, 0.3) is 0 Å². The standard InChI is InChI=1S/C19H29FN2O2/c1-4-16(5-2)18(22-8-10-24-11-9-22)19(23)21-13-15-6-7-17(20)14(3)12-15/h6-7,12,16,18H,4-5,8-11,13H2,1-3H3,(H,21,23)/t18-/m1/s1. The molecular weight excluding hydrogens is 307 g/mol. The molecule has 5 heteroatoms. The summed E-state index contributed by atoms with van der Waals surface area (Å²) < 4.78 is 18.8. The topological polar surface area (TPSA) is 41.6 Å². The van der Waals surface area contributed by atoms with E-state index in [1.54, 1.807) is 19.1 Å². The maximum atomic E-state index is 13.4. The van der Waals surface area contributed by atoms with E-state index >= 15 is 0 Å². The molecule has 134 valence electrons. The lowest BCUT2D eigenvalue weighted by Gasteiger charge is -2.37. The Morgan fingerprint density at radius 2 is 1.96 bits per heavy atom. The number of amides is 1. The molecule has 1 aromatic rings. The second-order valence-electron chi connectivity index (χ2n) is 6.47. The van der Waals surface area contributed by atoms with Crippen LogP contribution in [0, 0.1) is 18.7 Å². The number of halogens is 1. The zero-order valence-corrected chi connectivity index (χ0v) is 15.0. The first-order chi connectivity index (χ1) is 11.6. The Bertz CT molecular complexity index is 540. The molecule has 24 heavy (non-hydrogen) atoms. The van der Waals surface area contributed by atoms with Crippen LogP contribution in [0.3, 0.4) is 0 Å². The molecule has 1 heterocycles. The third kappa shape index (κ3) is 4.77. The first kappa shape index (κ1) is 18.9. The number of carbonyl (C=O) groups excluding carboxylic acids is 1. The van der Waals surface area contributed by atoms with Crippen molar-refractivity contribution in [2.24, 2.45) is 5.92 Å². The highest BCUT2D eigenvalue weighted by atomic mass is 19.1. The maximum absolute atomic E-state index is 13.4. The Kier molecular flexibility index (Phi) is 7.18. The van der Waals surface area contributed by atoms with E-state index in [0.717, 1.165) is 31.5 Å². The Balaban J connectivity index is 2.04. The van der Waals surface area contributed by atoms with Crippen LogP contribution in [-0.2, 0) is 16.1 Å². The number of nitrogens with zero attached hydrogens (tertiary/aromatic N) is 1. The van der Waals surface area contributed by atoms with Crippen LogP contribution in [-0.4, -0.2) is 43.2 Å². The lowest BCUT2D eigenvalue weighted by atomic mass is 9.91. The Hall–Kier alpha value is -1.46. The second-order valence-corrected chi connectivity index (χ2v) is 6.47. The minimum absolute atomic E-state index is 0.0626. The van der Waals surface area contributed by atoms with Crippen molar-refractivity contribution in [2.45, 2.75) is 46.2 Å². The summed E-state index contributed by atoms with van der Waals surface area (Å²) in [6, 6.07) is 4.85. The smallest absolute Gasteiger partial charge is 0.237 e. The lowest BCUT2D eigenvalue weighted by Crippen LogP contribution is -2.54. The van der Waals surface area contributed by atoms with Gasteiger partial charge >= 0.3 is 0 Å². The summed E-state index contributed by atoms with van der Waals surface area (Å²) in [5.41, 5.74) is 1.53. The van der Waals surface area contributed by atoms with Gasteiger partial charge in [0.2, 0.25) is 5.91 Å². The molecule has 1 aromatic carbocycles. The molecule has 0 unspecified atom stereocenters. The zero-order chi connectivity index (χ0) is 17.5. The molecule has 4 nitrogen and oxygen atoms in total. The number of rotatable bonds is 7. The fraction of sp³-hybridized carbons (Fsp3) is 0.632. The Labute approximate surface area is 144 Å². The summed E-state index contributed by atoms with van der Waals surface area (Å²) in [5, 5.41) is 3.05. The molecule has 1 aliphatic rings. The van der Waals surface area contributed by atoms with Crippen LogP contribution in [0.5, 0.6) is 0 Å². The van der Waals surface area contributed by atoms with Crippen LogP contribution in [0.4, 0.5) is 4.39 Å². The summed E-state index contributed by atoms with van der Waals surface area (Å²) >= 11 is 0. The van der Waals surface area contributed by atoms with E-state index in [4.69, 9.17) is 4.74 Å². The van der Waals surface area contributed by atoms with E-state index in [-0.39, 0.29) is 17.8 Å². The molecule has 0 bridgehead atoms. The largest absolute Gasteiger partial charge is 0.379 e. The number of hydrogen-bond acceptors (Lipinski definition) is 3. The average molecular weight is 336 g/mol. The third-order valence-corrected chi connectivity index (χ3v) is 4.89. The first-order valence-electron chi connectivity index (χ1n) is 8.91. The molecule has 0 saturated carbocycles. The summed E-state index contributed by atoms with van der Waals surface area (Å²) in [6.07, 6.45) is 1.95. The van der Waals surface area contributed by atoms with E-state index in [1.165, 1.54) is 6.07 Å². The minimum Gasteiger partial charge on any atom is -0.379 e. The molecule has 1 N–H and O–H groups in total. The van der Waals surface area contributed by atoms with E-state index < -0.39 is 0 Å². The van der Waals surface area contributed by atoms with Gasteiger partial charge in [0.1, 0.15) is 5.82 Å². The summed E-state index contributed by atoms with van der Waals surface area (Å²) in [7, 11) is 0. The highest BCUT2D eigenvalue weighted by Crippen LogP contribution is 2.20. The number of carbonyl (C=O) groups is 1. The van der Waals surface area contributed by atoms with E-state index in [2.05, 4.69) is 24.1 Å². The van der Waals surface area contributed by atoms with Gasteiger partial charge in [-0.3, -0.25) is 9.69 Å². The molecular formula is C19H29FN2O2. The molecule has 1 aliphatic heterocycles. The van der Waals surface area contributed by atoms with Crippen LogP contribution in [0.15, 0.2) is 18.2 Å². The fourth-order valence-corrected chi connectivity index (χ4v) is 3.38. The van der Waals surface area contributed by atoms with Crippen molar-refractivity contribution < 1.29 is 13.9 Å². The van der Waals surface area contributed by atoms with Gasteiger partial charge < -0.3 is 10.1 Å². The third-order valence-electron chi connectivity index (χ3n) is 4.89. The zero-order valence-electron chi connectivity index (χ0n) is 15.0. The van der Waals surface area contributed by atoms with Crippen molar-refractivity contribution in [2.75, 3.05) is 26.3 Å². The van der Waals surface area contributed by atoms with Gasteiger partial charge in [-0.15, -0.1) is 0 Å². The van der Waals surface area contributed by atoms with Gasteiger partial charge in [0.15, 0.2) is 0 Å². The normalized spacial score (nSPS) is 17.0. The lowest BCUT2D eigenvalue weighted by molar-refractivity contribution is -0.131. The van der Waals surface area contributed by atoms with Crippen molar-refractivity contribution in [1.82, 2.24) is 10.2 Å². The van der Waals surface area contributed by atoms with Crippen LogP contribution < -0.4 is 5.32 Å². The highest BCUT2D eigenvalue weighted by Gasteiger charge is 2.32. The molecule has 0 aliphatic carbocycles. The van der Waals surface area contributed by atoms with E-state index in [0.29, 0.717) is 31.2 Å². The molecule has 1 saturated heterocycles. The number of morpholine rings is 1. The maximum Gasteiger partial charge on any atom is 0.237 e. The fourth-order valence-electron chi connectivity index (χ4n) is 3.38. The van der Waals surface area contributed by atoms with Gasteiger partial charge in [0.05, 0.1) is 19.3 Å². The SMILES string of the molecule is CCC(CC)[C@H](C(=O)NCc1ccc(F)c(C)c1)N1CCOCC1. The summed E-state index contributed by atoms with van der Waals surface area (Å²) in [4.78, 5) is 15.1. The Morgan fingerprint density at radius 1 is 1.29 bits per heavy atom. The average Bonchev–Trinajstić information content (AvgIpc) is 2.61. The first-order valence-corrected chi connectivity index (χ1v) is 8.91. The predicted molar refractivity (Wildman–Crippen MR) is 93.2 cm³/mol. The van der Waals surface area contributed by atoms with E-state index in [9.17, 15) is 9.18 Å². The minimum atomic E-state index is -0.215. The van der Waals surface area contributed by atoms with Crippen molar-refractivity contribution in [1.29, 1.82) is 0 Å². The molecule has 0 spiro atoms. The number of ether oxygens (including phenoxy) is 1. The van der Waals surface area contributed by atoms with Crippen LogP contribution >= 0.6 is 0 Å². The van der Waals surface area contributed by atoms with Crippen molar-refractivity contribution in [3.63, 3.8) is 0 Å². The van der Waals surface area contributed by atoms with Gasteiger partial charge in [-0.25, -0.2) is 4.39 Å². The van der Waals surface area contributed by atoms with Gasteiger partial charge in [-0.05, 0) is 30.0 Å². The van der Waals surface area contributed by atoms with E-state index in [1.807, 2.05) is 0 Å². The summed E-state index contributed by atoms with van der Waals surface area (Å²) in [6.45, 7) is 9.40. The van der Waals surface area contributed by atoms with Crippen LogP contribution in [0.1, 0.15) is 37.8 Å². The van der Waals surface area contributed by atoms with Crippen molar-refractivity contribution >= 4 is 5.91 Å². The van der Waals surface area contributed by atoms with Gasteiger partial charge in [-0.2, -0.15) is 0 Å².